The van der Waals surface area contributed by atoms with Gasteiger partial charge in [0, 0.05) is 16.7 Å². The maximum atomic E-state index is 11.4. The topological polar surface area (TPSA) is 232 Å². The van der Waals surface area contributed by atoms with Gasteiger partial charge in [0.05, 0.1) is 19.8 Å². The van der Waals surface area contributed by atoms with Gasteiger partial charge in [-0.1, -0.05) is 91.0 Å². The van der Waals surface area contributed by atoms with E-state index >= 15 is 0 Å². The fraction of sp³-hybridized carbons (Fsp3) is 0.300. The van der Waals surface area contributed by atoms with E-state index in [4.69, 9.17) is 24.8 Å². The summed E-state index contributed by atoms with van der Waals surface area (Å²) in [5.41, 5.74) is 0.748. The first-order valence-corrected chi connectivity index (χ1v) is 12.9. The molecule has 3 aromatic rings. The van der Waals surface area contributed by atoms with Crippen molar-refractivity contribution in [3.05, 3.63) is 108 Å². The number of rotatable bonds is 6. The molecule has 8 N–H and O–H groups in total. The second kappa shape index (κ2) is 14.2. The average Bonchev–Trinajstić information content (AvgIpc) is 3.43. The van der Waals surface area contributed by atoms with Gasteiger partial charge in [-0.25, -0.2) is 0 Å². The Balaban J connectivity index is 0.000000177. The molecule has 0 spiro atoms. The van der Waals surface area contributed by atoms with E-state index in [-0.39, 0.29) is 24.3 Å². The molecule has 5 atom stereocenters. The molecule has 5 rings (SSSR count). The van der Waals surface area contributed by atoms with Gasteiger partial charge in [-0.05, 0) is 0 Å². The summed E-state index contributed by atoms with van der Waals surface area (Å²) in [6.07, 6.45) is -4.40. The minimum atomic E-state index is -2.70. The molecule has 2 aliphatic heterocycles. The monoisotopic (exact) mass is 600 g/mol. The van der Waals surface area contributed by atoms with Crippen LogP contribution in [0.15, 0.2) is 91.0 Å². The molecule has 13 heteroatoms. The third kappa shape index (κ3) is 7.26. The highest BCUT2D eigenvalue weighted by Gasteiger charge is 2.61. The van der Waals surface area contributed by atoms with Crippen molar-refractivity contribution in [1.29, 1.82) is 0 Å². The maximum Gasteiger partial charge on any atom is 0.256 e. The Morgan fingerprint density at radius 3 is 1.67 bits per heavy atom. The summed E-state index contributed by atoms with van der Waals surface area (Å²) in [7, 11) is 0. The summed E-state index contributed by atoms with van der Waals surface area (Å²) in [4.78, 5) is 33.8. The predicted octanol–water partition coefficient (Wildman–Crippen LogP) is -1.51. The fourth-order valence-electron chi connectivity index (χ4n) is 4.04. The van der Waals surface area contributed by atoms with Crippen LogP contribution in [0.25, 0.3) is 0 Å². The minimum Gasteiger partial charge on any atom is -0.393 e. The minimum absolute atomic E-state index is 0.162. The van der Waals surface area contributed by atoms with E-state index in [0.29, 0.717) is 5.56 Å². The van der Waals surface area contributed by atoms with Gasteiger partial charge in [-0.2, -0.15) is 0 Å². The number of hydrogen-bond donors (Lipinski definition) is 8. The number of hydrogen-bond acceptors (Lipinski definition) is 13. The van der Waals surface area contributed by atoms with Crippen molar-refractivity contribution in [2.75, 3.05) is 19.8 Å². The number of Topliss-reactive ketones (excluding diaryl/α,β-unsaturated/α-hetero) is 3. The third-order valence-corrected chi connectivity index (χ3v) is 6.57. The molecule has 5 unspecified atom stereocenters. The Morgan fingerprint density at radius 2 is 1.26 bits per heavy atom. The second-order valence-corrected chi connectivity index (χ2v) is 9.52. The lowest BCUT2D eigenvalue weighted by Gasteiger charge is -2.33. The molecule has 0 radical (unpaired) electrons. The van der Waals surface area contributed by atoms with Crippen LogP contribution < -0.4 is 0 Å². The second-order valence-electron chi connectivity index (χ2n) is 9.52. The van der Waals surface area contributed by atoms with E-state index in [9.17, 15) is 39.9 Å². The van der Waals surface area contributed by atoms with Crippen LogP contribution in [0.3, 0.4) is 0 Å². The zero-order valence-electron chi connectivity index (χ0n) is 22.6. The number of ether oxygens (including phenoxy) is 2. The highest BCUT2D eigenvalue weighted by atomic mass is 16.7. The first-order chi connectivity index (χ1) is 20.3. The van der Waals surface area contributed by atoms with E-state index in [1.54, 1.807) is 66.7 Å². The molecular formula is C30H32O13. The summed E-state index contributed by atoms with van der Waals surface area (Å²) in [6, 6.07) is 24.1. The van der Waals surface area contributed by atoms with Gasteiger partial charge in [0.15, 0.2) is 0 Å². The fourth-order valence-corrected chi connectivity index (χ4v) is 4.04. The van der Waals surface area contributed by atoms with Crippen molar-refractivity contribution in [3.63, 3.8) is 0 Å². The lowest BCUT2D eigenvalue weighted by molar-refractivity contribution is -0.352. The molecule has 0 aliphatic carbocycles. The zero-order valence-corrected chi connectivity index (χ0v) is 22.6. The highest BCUT2D eigenvalue weighted by molar-refractivity contribution is 6.45. The molecule has 13 nitrogen and oxygen atoms in total. The van der Waals surface area contributed by atoms with Crippen LogP contribution in [0, 0.1) is 0 Å². The smallest absolute Gasteiger partial charge is 0.256 e. The first-order valence-electron chi connectivity index (χ1n) is 12.9. The number of benzene rings is 3. The average molecular weight is 601 g/mol. The molecule has 0 aromatic heterocycles. The quantitative estimate of drug-likeness (QED) is 0.0914. The molecule has 43 heavy (non-hydrogen) atoms. The molecule has 2 saturated heterocycles. The van der Waals surface area contributed by atoms with Gasteiger partial charge < -0.3 is 50.3 Å². The Hall–Kier alpha value is -3.73. The number of aliphatic hydroxyl groups excluding tert-OH is 4. The molecule has 2 fully saturated rings. The van der Waals surface area contributed by atoms with Crippen LogP contribution in [-0.4, -0.2) is 102 Å². The molecule has 230 valence electrons. The van der Waals surface area contributed by atoms with Crippen LogP contribution in [0.5, 0.6) is 0 Å². The zero-order chi connectivity index (χ0) is 31.8. The number of carbonyl (C=O) groups excluding carboxylic acids is 3. The van der Waals surface area contributed by atoms with Crippen molar-refractivity contribution in [1.82, 2.24) is 0 Å². The Labute approximate surface area is 245 Å². The van der Waals surface area contributed by atoms with E-state index in [0.717, 1.165) is 0 Å². The van der Waals surface area contributed by atoms with Crippen molar-refractivity contribution in [2.45, 2.75) is 35.7 Å². The van der Waals surface area contributed by atoms with E-state index in [2.05, 4.69) is 0 Å². The van der Waals surface area contributed by atoms with E-state index in [1.807, 2.05) is 0 Å². The molecular weight excluding hydrogens is 568 g/mol. The Bertz CT molecular complexity index is 1370. The largest absolute Gasteiger partial charge is 0.393 e. The van der Waals surface area contributed by atoms with Crippen molar-refractivity contribution in [2.24, 2.45) is 0 Å². The summed E-state index contributed by atoms with van der Waals surface area (Å²) < 4.78 is 9.77. The third-order valence-electron chi connectivity index (χ3n) is 6.57. The molecule has 2 heterocycles. The molecule has 2 aliphatic rings. The summed E-state index contributed by atoms with van der Waals surface area (Å²) >= 11 is 0. The highest BCUT2D eigenvalue weighted by Crippen LogP contribution is 2.40. The van der Waals surface area contributed by atoms with Gasteiger partial charge in [0.25, 0.3) is 17.4 Å². The van der Waals surface area contributed by atoms with Crippen LogP contribution >= 0.6 is 0 Å². The maximum absolute atomic E-state index is 11.4. The molecule has 3 aromatic carbocycles. The summed E-state index contributed by atoms with van der Waals surface area (Å²) in [6.45, 7) is -1.24. The predicted molar refractivity (Wildman–Crippen MR) is 146 cm³/mol. The lowest BCUT2D eigenvalue weighted by Crippen LogP contribution is -2.54. The Morgan fingerprint density at radius 1 is 0.767 bits per heavy atom. The van der Waals surface area contributed by atoms with Gasteiger partial charge in [-0.3, -0.25) is 14.4 Å². The summed E-state index contributed by atoms with van der Waals surface area (Å²) in [5.74, 6) is -9.43. The van der Waals surface area contributed by atoms with Gasteiger partial charge >= 0.3 is 0 Å². The molecule has 0 saturated carbocycles. The van der Waals surface area contributed by atoms with Crippen LogP contribution in [0.4, 0.5) is 0 Å². The van der Waals surface area contributed by atoms with Crippen molar-refractivity contribution >= 4 is 17.3 Å². The van der Waals surface area contributed by atoms with Gasteiger partial charge in [0.2, 0.25) is 17.3 Å². The molecule has 0 bridgehead atoms. The van der Waals surface area contributed by atoms with Crippen molar-refractivity contribution < 1.29 is 64.7 Å². The van der Waals surface area contributed by atoms with E-state index in [1.165, 1.54) is 24.3 Å². The van der Waals surface area contributed by atoms with E-state index < -0.39 is 59.6 Å². The first kappa shape index (κ1) is 33.8. The SMILES string of the molecule is O=C(C(=O)C(O)CO)c1ccccc1.O=C1C(O)COC1(O)c1ccccc1.OC1COC(O)(c2ccccc2)C1(O)O. The van der Waals surface area contributed by atoms with Gasteiger partial charge in [0.1, 0.15) is 18.3 Å². The van der Waals surface area contributed by atoms with Crippen LogP contribution in [-0.2, 0) is 30.6 Å². The van der Waals surface area contributed by atoms with Gasteiger partial charge in [-0.15, -0.1) is 0 Å². The Kier molecular flexibility index (Phi) is 11.1. The number of carbonyl (C=O) groups is 3. The summed E-state index contributed by atoms with van der Waals surface area (Å²) in [5, 5.41) is 74.8. The van der Waals surface area contributed by atoms with Crippen LogP contribution in [0.2, 0.25) is 0 Å². The van der Waals surface area contributed by atoms with Crippen LogP contribution in [0.1, 0.15) is 21.5 Å². The standard InChI is InChI=1S/C10H12O5.2C10H10O4/c11-8-6-15-10(14,9(8,12)13)7-4-2-1-3-5-7;11-8-6-14-10(13,9(8)12)7-4-2-1-3-5-7;11-6-8(12)10(14)9(13)7-4-2-1-3-5-7/h1-5,8,11-14H,6H2;1-5,8,11,13H,6H2;1-5,8,11-12H,6H2. The number of ketones is 3. The van der Waals surface area contributed by atoms with Crippen molar-refractivity contribution in [3.8, 4) is 0 Å². The lowest BCUT2D eigenvalue weighted by atomic mass is 9.96. The number of aliphatic hydroxyl groups is 8. The normalized spacial score (nSPS) is 26.4. The molecule has 0 amide bonds.